The molecular formula is C23H23ClF5N5O. The van der Waals surface area contributed by atoms with Gasteiger partial charge in [-0.1, -0.05) is 17.7 Å². The van der Waals surface area contributed by atoms with Gasteiger partial charge < -0.3 is 15.4 Å². The third-order valence-electron chi connectivity index (χ3n) is 5.00. The third-order valence-corrected chi connectivity index (χ3v) is 5.32. The van der Waals surface area contributed by atoms with E-state index in [1.807, 2.05) is 0 Å². The van der Waals surface area contributed by atoms with E-state index in [2.05, 4.69) is 25.6 Å². The van der Waals surface area contributed by atoms with E-state index in [9.17, 15) is 22.0 Å². The molecule has 2 aromatic heterocycles. The Morgan fingerprint density at radius 2 is 1.80 bits per heavy atom. The second-order valence-corrected chi connectivity index (χ2v) is 7.99. The van der Waals surface area contributed by atoms with Gasteiger partial charge in [0.2, 0.25) is 0 Å². The average Bonchev–Trinajstić information content (AvgIpc) is 2.80. The molecule has 0 amide bonds. The maximum absolute atomic E-state index is 14.8. The summed E-state index contributed by atoms with van der Waals surface area (Å²) in [6.45, 7) is 1.81. The maximum Gasteiger partial charge on any atom is 0.408 e. The summed E-state index contributed by atoms with van der Waals surface area (Å²) >= 11 is 6.29. The lowest BCUT2D eigenvalue weighted by atomic mass is 10.0. The third kappa shape index (κ3) is 6.98. The minimum Gasteiger partial charge on any atom is -0.493 e. The summed E-state index contributed by atoms with van der Waals surface area (Å²) in [7, 11) is 1.77. The Bertz CT molecular complexity index is 1120. The van der Waals surface area contributed by atoms with Crippen molar-refractivity contribution < 1.29 is 26.7 Å². The summed E-state index contributed by atoms with van der Waals surface area (Å²) < 4.78 is 74.7. The molecule has 3 aromatic rings. The molecule has 0 spiro atoms. The second-order valence-electron chi connectivity index (χ2n) is 7.64. The van der Waals surface area contributed by atoms with Gasteiger partial charge >= 0.3 is 6.18 Å². The van der Waals surface area contributed by atoms with Crippen molar-refractivity contribution in [3.05, 3.63) is 64.4 Å². The van der Waals surface area contributed by atoms with Gasteiger partial charge in [-0.05, 0) is 39.1 Å². The summed E-state index contributed by atoms with van der Waals surface area (Å²) in [6, 6.07) is 4.85. The fourth-order valence-electron chi connectivity index (χ4n) is 3.08. The summed E-state index contributed by atoms with van der Waals surface area (Å²) in [6.07, 6.45) is -3.02. The van der Waals surface area contributed by atoms with E-state index in [4.69, 9.17) is 16.3 Å². The highest BCUT2D eigenvalue weighted by atomic mass is 35.5. The zero-order valence-electron chi connectivity index (χ0n) is 18.9. The molecule has 2 N–H and O–H groups in total. The molecule has 0 aliphatic heterocycles. The number of nitrogens with one attached hydrogen (secondary N) is 2. The van der Waals surface area contributed by atoms with Gasteiger partial charge in [0.05, 0.1) is 6.61 Å². The quantitative estimate of drug-likeness (QED) is 0.214. The van der Waals surface area contributed by atoms with E-state index in [1.165, 1.54) is 6.20 Å². The van der Waals surface area contributed by atoms with Crippen LogP contribution in [0.1, 0.15) is 24.5 Å². The number of anilines is 1. The van der Waals surface area contributed by atoms with Crippen molar-refractivity contribution >= 4 is 17.4 Å². The van der Waals surface area contributed by atoms with Crippen molar-refractivity contribution in [3.63, 3.8) is 0 Å². The first-order valence-electron chi connectivity index (χ1n) is 10.7. The minimum atomic E-state index is -4.61. The highest BCUT2D eigenvalue weighted by Crippen LogP contribution is 2.32. The predicted molar refractivity (Wildman–Crippen MR) is 123 cm³/mol. The van der Waals surface area contributed by atoms with Gasteiger partial charge in [0, 0.05) is 35.9 Å². The van der Waals surface area contributed by atoms with Gasteiger partial charge in [0.15, 0.2) is 5.82 Å². The number of halogens is 6. The Morgan fingerprint density at radius 1 is 1.09 bits per heavy atom. The van der Waals surface area contributed by atoms with Gasteiger partial charge in [-0.15, -0.1) is 0 Å². The zero-order chi connectivity index (χ0) is 25.6. The minimum absolute atomic E-state index is 0.00302. The Labute approximate surface area is 203 Å². The number of ether oxygens (including phenoxy) is 1. The second kappa shape index (κ2) is 11.6. The van der Waals surface area contributed by atoms with Crippen molar-refractivity contribution in [1.29, 1.82) is 0 Å². The smallest absolute Gasteiger partial charge is 0.408 e. The number of benzene rings is 1. The number of alkyl halides is 3. The molecule has 0 aliphatic carbocycles. The molecule has 3 rings (SSSR count). The molecule has 1 aromatic carbocycles. The van der Waals surface area contributed by atoms with Crippen molar-refractivity contribution in [1.82, 2.24) is 20.3 Å². The van der Waals surface area contributed by atoms with E-state index in [1.54, 1.807) is 25.2 Å². The van der Waals surface area contributed by atoms with Gasteiger partial charge in [0.25, 0.3) is 0 Å². The summed E-state index contributed by atoms with van der Waals surface area (Å²) in [5.41, 5.74) is -0.241. The van der Waals surface area contributed by atoms with E-state index in [0.717, 1.165) is 19.1 Å². The Balaban J connectivity index is 1.97. The molecule has 1 atom stereocenters. The van der Waals surface area contributed by atoms with Crippen LogP contribution >= 0.6 is 11.6 Å². The Morgan fingerprint density at radius 3 is 2.40 bits per heavy atom. The molecule has 0 radical (unpaired) electrons. The molecule has 12 heteroatoms. The van der Waals surface area contributed by atoms with E-state index in [-0.39, 0.29) is 40.4 Å². The van der Waals surface area contributed by atoms with Crippen LogP contribution in [-0.4, -0.2) is 47.4 Å². The van der Waals surface area contributed by atoms with E-state index in [0.29, 0.717) is 13.0 Å². The number of hydrogen-bond acceptors (Lipinski definition) is 6. The summed E-state index contributed by atoms with van der Waals surface area (Å²) in [5.74, 6) is -2.22. The number of aromatic nitrogens is 3. The standard InChI is InChI=1S/C23H23ClF5N5O/c1-13(23(27,28)29)32-21-16(20(24)33-22(34-21)19-6-3-4-8-31-19)12-15-17(25)10-14(11-18(15)26)35-9-5-7-30-2/h3-4,6,8,10-11,13,30H,5,7,9,12H2,1-2H3,(H,32,33,34)/t13-/m0/s1. The summed E-state index contributed by atoms with van der Waals surface area (Å²) in [5, 5.41) is 4.92. The van der Waals surface area contributed by atoms with Crippen molar-refractivity contribution in [2.75, 3.05) is 25.5 Å². The number of hydrogen-bond donors (Lipinski definition) is 2. The van der Waals surface area contributed by atoms with Gasteiger partial charge in [0.1, 0.15) is 40.1 Å². The molecule has 2 heterocycles. The zero-order valence-corrected chi connectivity index (χ0v) is 19.6. The lowest BCUT2D eigenvalue weighted by molar-refractivity contribution is -0.138. The number of pyridine rings is 1. The highest BCUT2D eigenvalue weighted by Gasteiger charge is 2.37. The van der Waals surface area contributed by atoms with Crippen LogP contribution in [-0.2, 0) is 6.42 Å². The fourth-order valence-corrected chi connectivity index (χ4v) is 3.31. The summed E-state index contributed by atoms with van der Waals surface area (Å²) in [4.78, 5) is 12.3. The number of nitrogens with zero attached hydrogens (tertiary/aromatic N) is 3. The first-order chi connectivity index (χ1) is 16.6. The molecule has 0 aliphatic rings. The Hall–Kier alpha value is -3.05. The van der Waals surface area contributed by atoms with Crippen LogP contribution in [0.2, 0.25) is 5.15 Å². The fraction of sp³-hybridized carbons (Fsp3) is 0.348. The van der Waals surface area contributed by atoms with E-state index < -0.39 is 35.8 Å². The van der Waals surface area contributed by atoms with Crippen molar-refractivity contribution in [3.8, 4) is 17.3 Å². The first kappa shape index (κ1) is 26.6. The normalized spacial score (nSPS) is 12.5. The molecule has 188 valence electrons. The predicted octanol–water partition coefficient (Wildman–Crippen LogP) is 5.41. The Kier molecular flexibility index (Phi) is 8.79. The van der Waals surface area contributed by atoms with E-state index >= 15 is 0 Å². The van der Waals surface area contributed by atoms with Crippen LogP contribution in [0.3, 0.4) is 0 Å². The average molecular weight is 516 g/mol. The lowest BCUT2D eigenvalue weighted by Gasteiger charge is -2.21. The van der Waals surface area contributed by atoms with Crippen LogP contribution in [0.4, 0.5) is 27.8 Å². The van der Waals surface area contributed by atoms with Gasteiger partial charge in [-0.2, -0.15) is 13.2 Å². The van der Waals surface area contributed by atoms with Gasteiger partial charge in [-0.3, -0.25) is 4.98 Å². The SMILES string of the molecule is CNCCCOc1cc(F)c(Cc2c(Cl)nc(-c3ccccn3)nc2N[C@@H](C)C(F)(F)F)c(F)c1. The van der Waals surface area contributed by atoms with Crippen molar-refractivity contribution in [2.24, 2.45) is 0 Å². The molecule has 6 nitrogen and oxygen atoms in total. The van der Waals surface area contributed by atoms with Crippen LogP contribution in [0.15, 0.2) is 36.5 Å². The lowest BCUT2D eigenvalue weighted by Crippen LogP contribution is -2.34. The van der Waals surface area contributed by atoms with Crippen LogP contribution in [0.5, 0.6) is 5.75 Å². The first-order valence-corrected chi connectivity index (χ1v) is 11.0. The molecule has 0 saturated heterocycles. The van der Waals surface area contributed by atoms with Crippen LogP contribution in [0, 0.1) is 11.6 Å². The molecule has 0 unspecified atom stereocenters. The molecule has 0 fully saturated rings. The maximum atomic E-state index is 14.8. The monoisotopic (exact) mass is 515 g/mol. The molecule has 0 saturated carbocycles. The van der Waals surface area contributed by atoms with Gasteiger partial charge in [-0.25, -0.2) is 18.7 Å². The molecule has 0 bridgehead atoms. The molecule has 35 heavy (non-hydrogen) atoms. The van der Waals surface area contributed by atoms with Crippen LogP contribution in [0.25, 0.3) is 11.5 Å². The topological polar surface area (TPSA) is 72.0 Å². The largest absolute Gasteiger partial charge is 0.493 e. The van der Waals surface area contributed by atoms with Crippen LogP contribution < -0.4 is 15.4 Å². The molecular weight excluding hydrogens is 493 g/mol. The number of rotatable bonds is 10. The highest BCUT2D eigenvalue weighted by molar-refractivity contribution is 6.30. The van der Waals surface area contributed by atoms with Crippen molar-refractivity contribution in [2.45, 2.75) is 32.0 Å².